The van der Waals surface area contributed by atoms with Gasteiger partial charge in [-0.25, -0.2) is 0 Å². The van der Waals surface area contributed by atoms with E-state index >= 15 is 0 Å². The van der Waals surface area contributed by atoms with Crippen molar-refractivity contribution in [3.8, 4) is 0 Å². The molecule has 0 saturated carbocycles. The number of hydrogen-bond donors (Lipinski definition) is 2. The van der Waals surface area contributed by atoms with Crippen LogP contribution >= 0.6 is 0 Å². The van der Waals surface area contributed by atoms with E-state index in [1.807, 2.05) is 0 Å². The number of carbonyl (C=O) groups is 1. The summed E-state index contributed by atoms with van der Waals surface area (Å²) in [5.74, 6) is -0.668. The van der Waals surface area contributed by atoms with Crippen molar-refractivity contribution < 1.29 is 15.0 Å². The Morgan fingerprint density at radius 2 is 1.28 bits per heavy atom. The summed E-state index contributed by atoms with van der Waals surface area (Å²) in [6.07, 6.45) is 23.2. The molecule has 0 aliphatic carbocycles. The largest absolute Gasteiger partial charge is 0.481 e. The normalized spacial score (nSPS) is 12.7. The lowest BCUT2D eigenvalue weighted by molar-refractivity contribution is -0.137. The number of carboxylic acids is 1. The van der Waals surface area contributed by atoms with Crippen LogP contribution < -0.4 is 0 Å². The van der Waals surface area contributed by atoms with E-state index in [0.29, 0.717) is 6.42 Å². The molecule has 0 amide bonds. The Bertz CT molecular complexity index is 312. The summed E-state index contributed by atoms with van der Waals surface area (Å²) in [5, 5.41) is 18.4. The maximum Gasteiger partial charge on any atom is 0.303 e. The minimum atomic E-state index is -0.668. The van der Waals surface area contributed by atoms with E-state index in [1.54, 1.807) is 0 Å². The Morgan fingerprint density at radius 1 is 0.800 bits per heavy atom. The second kappa shape index (κ2) is 19.5. The molecule has 3 heteroatoms. The smallest absolute Gasteiger partial charge is 0.303 e. The first-order valence-corrected chi connectivity index (χ1v) is 10.7. The Morgan fingerprint density at radius 3 is 1.76 bits per heavy atom. The lowest BCUT2D eigenvalue weighted by Gasteiger charge is -2.07. The highest BCUT2D eigenvalue weighted by Crippen LogP contribution is 2.14. The molecule has 0 aromatic rings. The molecule has 148 valence electrons. The molecule has 0 bridgehead atoms. The van der Waals surface area contributed by atoms with Crippen LogP contribution in [0.3, 0.4) is 0 Å². The highest BCUT2D eigenvalue weighted by molar-refractivity contribution is 5.66. The Kier molecular flexibility index (Phi) is 18.8. The van der Waals surface area contributed by atoms with Crippen molar-refractivity contribution in [3.63, 3.8) is 0 Å². The van der Waals surface area contributed by atoms with Gasteiger partial charge in [0.25, 0.3) is 0 Å². The Hall–Kier alpha value is -0.830. The van der Waals surface area contributed by atoms with Crippen LogP contribution in [0.1, 0.15) is 116 Å². The molecule has 0 aromatic carbocycles. The minimum absolute atomic E-state index is 0.149. The number of allylic oxidation sites excluding steroid dienone is 1. The molecule has 0 saturated heterocycles. The zero-order chi connectivity index (χ0) is 18.6. The van der Waals surface area contributed by atoms with Gasteiger partial charge >= 0.3 is 5.97 Å². The monoisotopic (exact) mass is 354 g/mol. The second-order valence-electron chi connectivity index (χ2n) is 7.32. The van der Waals surface area contributed by atoms with Crippen LogP contribution in [0.2, 0.25) is 0 Å². The minimum Gasteiger partial charge on any atom is -0.481 e. The van der Waals surface area contributed by atoms with Crippen LogP contribution in [-0.2, 0) is 4.79 Å². The van der Waals surface area contributed by atoms with Crippen LogP contribution in [0.4, 0.5) is 0 Å². The molecule has 1 unspecified atom stereocenters. The molecule has 25 heavy (non-hydrogen) atoms. The van der Waals surface area contributed by atoms with Crippen LogP contribution in [0.5, 0.6) is 0 Å². The van der Waals surface area contributed by atoms with Crippen molar-refractivity contribution in [2.75, 3.05) is 0 Å². The number of hydrogen-bond acceptors (Lipinski definition) is 2. The molecule has 0 fully saturated rings. The van der Waals surface area contributed by atoms with E-state index in [1.165, 1.54) is 64.2 Å². The molecule has 0 radical (unpaired) electrons. The van der Waals surface area contributed by atoms with Crippen molar-refractivity contribution in [1.29, 1.82) is 0 Å². The first-order chi connectivity index (χ1) is 12.2. The second-order valence-corrected chi connectivity index (χ2v) is 7.32. The van der Waals surface area contributed by atoms with Crippen molar-refractivity contribution in [3.05, 3.63) is 12.2 Å². The third-order valence-electron chi connectivity index (χ3n) is 4.71. The lowest BCUT2D eigenvalue weighted by atomic mass is 10.0. The third kappa shape index (κ3) is 21.1. The molecule has 0 aliphatic heterocycles. The first kappa shape index (κ1) is 24.2. The van der Waals surface area contributed by atoms with Gasteiger partial charge in [-0.1, -0.05) is 96.1 Å². The van der Waals surface area contributed by atoms with Crippen LogP contribution in [0, 0.1) is 0 Å². The number of unbranched alkanes of at least 4 members (excludes halogenated alkanes) is 12. The molecule has 0 heterocycles. The van der Waals surface area contributed by atoms with Gasteiger partial charge in [-0.05, 0) is 25.7 Å². The highest BCUT2D eigenvalue weighted by Gasteiger charge is 2.01. The van der Waals surface area contributed by atoms with Gasteiger partial charge in [-0.3, -0.25) is 4.79 Å². The summed E-state index contributed by atoms with van der Waals surface area (Å²) in [5.41, 5.74) is 0. The first-order valence-electron chi connectivity index (χ1n) is 10.7. The average Bonchev–Trinajstić information content (AvgIpc) is 2.58. The van der Waals surface area contributed by atoms with Gasteiger partial charge in [0.2, 0.25) is 0 Å². The fourth-order valence-electron chi connectivity index (χ4n) is 3.08. The number of aliphatic hydroxyl groups excluding tert-OH is 1. The molecule has 0 rings (SSSR count). The van der Waals surface area contributed by atoms with Gasteiger partial charge < -0.3 is 10.2 Å². The zero-order valence-corrected chi connectivity index (χ0v) is 16.6. The van der Waals surface area contributed by atoms with Gasteiger partial charge in [-0.2, -0.15) is 0 Å². The van der Waals surface area contributed by atoms with E-state index in [9.17, 15) is 9.90 Å². The number of aliphatic carboxylic acids is 1. The lowest BCUT2D eigenvalue weighted by Crippen LogP contribution is -2.04. The van der Waals surface area contributed by atoms with Gasteiger partial charge in [0.15, 0.2) is 0 Å². The Balaban J connectivity index is 3.15. The van der Waals surface area contributed by atoms with Gasteiger partial charge in [0.05, 0.1) is 6.10 Å². The number of carboxylic acid groups (broad SMARTS) is 1. The van der Waals surface area contributed by atoms with E-state index in [-0.39, 0.29) is 6.10 Å². The molecule has 0 aliphatic rings. The maximum absolute atomic E-state index is 10.4. The zero-order valence-electron chi connectivity index (χ0n) is 16.6. The van der Waals surface area contributed by atoms with Gasteiger partial charge in [0, 0.05) is 6.42 Å². The molecular weight excluding hydrogens is 312 g/mol. The number of rotatable bonds is 19. The summed E-state index contributed by atoms with van der Waals surface area (Å²) in [7, 11) is 0. The van der Waals surface area contributed by atoms with Crippen molar-refractivity contribution in [2.24, 2.45) is 0 Å². The number of aliphatic hydroxyl groups is 1. The van der Waals surface area contributed by atoms with E-state index in [2.05, 4.69) is 19.1 Å². The Labute approximate surface area is 155 Å². The maximum atomic E-state index is 10.4. The summed E-state index contributed by atoms with van der Waals surface area (Å²) in [4.78, 5) is 10.4. The molecule has 0 aromatic heterocycles. The fourth-order valence-corrected chi connectivity index (χ4v) is 3.08. The van der Waals surface area contributed by atoms with E-state index in [4.69, 9.17) is 5.11 Å². The van der Waals surface area contributed by atoms with E-state index < -0.39 is 5.97 Å². The predicted molar refractivity (Wildman–Crippen MR) is 107 cm³/mol. The third-order valence-corrected chi connectivity index (χ3v) is 4.71. The average molecular weight is 355 g/mol. The van der Waals surface area contributed by atoms with E-state index in [0.717, 1.165) is 38.5 Å². The molecular formula is C22H42O3. The highest BCUT2D eigenvalue weighted by atomic mass is 16.4. The fraction of sp³-hybridized carbons (Fsp3) is 0.864. The molecule has 0 spiro atoms. The predicted octanol–water partition coefficient (Wildman–Crippen LogP) is 6.64. The van der Waals surface area contributed by atoms with Crippen LogP contribution in [0.15, 0.2) is 12.2 Å². The van der Waals surface area contributed by atoms with Crippen molar-refractivity contribution in [1.82, 2.24) is 0 Å². The summed E-state index contributed by atoms with van der Waals surface area (Å²) >= 11 is 0. The van der Waals surface area contributed by atoms with Gasteiger partial charge in [0.1, 0.15) is 0 Å². The summed E-state index contributed by atoms with van der Waals surface area (Å²) in [6, 6.07) is 0. The summed E-state index contributed by atoms with van der Waals surface area (Å²) in [6.45, 7) is 2.17. The topological polar surface area (TPSA) is 57.5 Å². The van der Waals surface area contributed by atoms with Crippen LogP contribution in [-0.4, -0.2) is 22.3 Å². The molecule has 2 N–H and O–H groups in total. The molecule has 3 nitrogen and oxygen atoms in total. The standard InChI is InChI=1S/C22H42O3/c1-2-3-4-15-18-21(23)19-16-13-11-9-7-5-6-8-10-12-14-17-20-22(24)25/h4,15,21,23H,2-3,5-14,16-20H2,1H3,(H,24,25). The summed E-state index contributed by atoms with van der Waals surface area (Å²) < 4.78 is 0. The molecule has 1 atom stereocenters. The van der Waals surface area contributed by atoms with Crippen molar-refractivity contribution >= 4 is 5.97 Å². The van der Waals surface area contributed by atoms with Gasteiger partial charge in [-0.15, -0.1) is 0 Å². The quantitative estimate of drug-likeness (QED) is 0.202. The van der Waals surface area contributed by atoms with Crippen LogP contribution in [0.25, 0.3) is 0 Å². The van der Waals surface area contributed by atoms with Crippen molar-refractivity contribution in [2.45, 2.75) is 122 Å². The SMILES string of the molecule is CCCC=CCC(O)CCCCCCCCCCCCCCC(=O)O.